The number of fused-ring (bicyclic) bond motifs is 3. The van der Waals surface area contributed by atoms with Gasteiger partial charge in [-0.15, -0.1) is 10.2 Å². The molecule has 0 radical (unpaired) electrons. The molecule has 0 unspecified atom stereocenters. The van der Waals surface area contributed by atoms with Crippen molar-refractivity contribution in [3.05, 3.63) is 69.4 Å². The average Bonchev–Trinajstić information content (AvgIpc) is 3.02. The second-order valence-electron chi connectivity index (χ2n) is 4.84. The zero-order chi connectivity index (χ0) is 13.7. The Morgan fingerprint density at radius 1 is 0.950 bits per heavy atom. The lowest BCUT2D eigenvalue weighted by Gasteiger charge is -2.02. The maximum Gasteiger partial charge on any atom is 0.243 e. The second-order valence-corrected chi connectivity index (χ2v) is 4.84. The fourth-order valence-corrected chi connectivity index (χ4v) is 2.59. The molecule has 0 saturated carbocycles. The summed E-state index contributed by atoms with van der Waals surface area (Å²) in [6, 6.07) is 11.6. The predicted octanol–water partition coefficient (Wildman–Crippen LogP) is 2.39. The molecule has 96 valence electrons. The van der Waals surface area contributed by atoms with E-state index in [1.54, 1.807) is 6.07 Å². The highest BCUT2D eigenvalue weighted by Crippen LogP contribution is 2.26. The molecule has 4 heteroatoms. The van der Waals surface area contributed by atoms with Gasteiger partial charge in [0.05, 0.1) is 22.0 Å². The third kappa shape index (κ3) is 1.48. The highest BCUT2D eigenvalue weighted by molar-refractivity contribution is 6.00. The Morgan fingerprint density at radius 2 is 1.75 bits per heavy atom. The summed E-state index contributed by atoms with van der Waals surface area (Å²) in [6.07, 6.45) is 1.91. The van der Waals surface area contributed by atoms with Crippen LogP contribution in [0.5, 0.6) is 0 Å². The van der Waals surface area contributed by atoms with Gasteiger partial charge in [-0.1, -0.05) is 24.3 Å². The van der Waals surface area contributed by atoms with Crippen LogP contribution in [0.1, 0.15) is 22.3 Å². The van der Waals surface area contributed by atoms with Crippen LogP contribution < -0.4 is 10.7 Å². The van der Waals surface area contributed by atoms with Crippen LogP contribution in [0.4, 0.5) is 4.39 Å². The third-order valence-corrected chi connectivity index (χ3v) is 3.60. The Kier molecular flexibility index (Phi) is 2.21. The van der Waals surface area contributed by atoms with Gasteiger partial charge in [0.1, 0.15) is 0 Å². The molecule has 0 fully saturated rings. The molecule has 2 heterocycles. The SMILES string of the molecule is Cc1ccccc1C1=Cc2c3c(ccc2=N1)=NN=C3F. The van der Waals surface area contributed by atoms with Crippen molar-refractivity contribution in [1.82, 2.24) is 0 Å². The van der Waals surface area contributed by atoms with E-state index >= 15 is 0 Å². The van der Waals surface area contributed by atoms with Crippen molar-refractivity contribution >= 4 is 17.7 Å². The molecule has 0 aliphatic carbocycles. The zero-order valence-corrected chi connectivity index (χ0v) is 10.8. The molecule has 2 aromatic rings. The highest BCUT2D eigenvalue weighted by atomic mass is 19.1. The predicted molar refractivity (Wildman–Crippen MR) is 75.4 cm³/mol. The summed E-state index contributed by atoms with van der Waals surface area (Å²) < 4.78 is 13.8. The molecule has 0 saturated heterocycles. The number of benzene rings is 2. The van der Waals surface area contributed by atoms with Gasteiger partial charge in [-0.3, -0.25) is 0 Å². The molecule has 0 atom stereocenters. The van der Waals surface area contributed by atoms with Crippen LogP contribution in [0.25, 0.3) is 11.8 Å². The Labute approximate surface area is 114 Å². The van der Waals surface area contributed by atoms with Gasteiger partial charge in [0, 0.05) is 11.1 Å². The van der Waals surface area contributed by atoms with Crippen LogP contribution >= 0.6 is 0 Å². The van der Waals surface area contributed by atoms with Crippen LogP contribution in [0.2, 0.25) is 0 Å². The average molecular weight is 263 g/mol. The standard InChI is InChI=1S/C16H10FN3/c1-9-4-2-3-5-10(9)14-8-11-12(18-14)6-7-13-15(11)16(17)20-19-13/h2-8H,1H3. The molecule has 2 aromatic carbocycles. The van der Waals surface area contributed by atoms with Crippen molar-refractivity contribution in [2.45, 2.75) is 6.92 Å². The molecule has 0 spiro atoms. The van der Waals surface area contributed by atoms with E-state index in [9.17, 15) is 4.39 Å². The number of rotatable bonds is 1. The number of aryl methyl sites for hydroxylation is 1. The van der Waals surface area contributed by atoms with Crippen LogP contribution in [0.15, 0.2) is 51.6 Å². The van der Waals surface area contributed by atoms with Gasteiger partial charge in [0.25, 0.3) is 0 Å². The first-order valence-corrected chi connectivity index (χ1v) is 6.35. The quantitative estimate of drug-likeness (QED) is 0.757. The Bertz CT molecular complexity index is 923. The maximum atomic E-state index is 13.8. The molecule has 20 heavy (non-hydrogen) atoms. The smallest absolute Gasteiger partial charge is 0.243 e. The maximum absolute atomic E-state index is 13.8. The minimum atomic E-state index is -0.533. The number of hydrogen-bond donors (Lipinski definition) is 0. The highest BCUT2D eigenvalue weighted by Gasteiger charge is 2.20. The summed E-state index contributed by atoms with van der Waals surface area (Å²) in [7, 11) is 0. The largest absolute Gasteiger partial charge is 0.248 e. The summed E-state index contributed by atoms with van der Waals surface area (Å²) >= 11 is 0. The minimum Gasteiger partial charge on any atom is -0.248 e. The fourth-order valence-electron chi connectivity index (χ4n) is 2.59. The Hall–Kier alpha value is -2.62. The summed E-state index contributed by atoms with van der Waals surface area (Å²) in [5, 5.41) is 8.65. The lowest BCUT2D eigenvalue weighted by Crippen LogP contribution is -2.17. The van der Waals surface area contributed by atoms with Gasteiger partial charge < -0.3 is 0 Å². The minimum absolute atomic E-state index is 0.454. The van der Waals surface area contributed by atoms with Crippen LogP contribution in [0, 0.1) is 6.92 Å². The molecule has 4 rings (SSSR count). The van der Waals surface area contributed by atoms with Crippen molar-refractivity contribution in [2.75, 3.05) is 0 Å². The summed E-state index contributed by atoms with van der Waals surface area (Å²) in [5.41, 5.74) is 4.28. The molecule has 0 amide bonds. The number of nitrogens with zero attached hydrogens (tertiary/aromatic N) is 3. The van der Waals surface area contributed by atoms with E-state index in [0.717, 1.165) is 27.7 Å². The van der Waals surface area contributed by atoms with Gasteiger partial charge in [0.2, 0.25) is 5.97 Å². The Balaban J connectivity index is 1.96. The molecule has 0 aromatic heterocycles. The summed E-state index contributed by atoms with van der Waals surface area (Å²) in [5.74, 6) is -0.533. The lowest BCUT2D eigenvalue weighted by molar-refractivity contribution is 0.804. The summed E-state index contributed by atoms with van der Waals surface area (Å²) in [4.78, 5) is 4.59. The van der Waals surface area contributed by atoms with Crippen molar-refractivity contribution in [2.24, 2.45) is 15.2 Å². The van der Waals surface area contributed by atoms with Crippen LogP contribution in [0.3, 0.4) is 0 Å². The first-order valence-electron chi connectivity index (χ1n) is 6.35. The van der Waals surface area contributed by atoms with E-state index in [-0.39, 0.29) is 0 Å². The molecule has 3 nitrogen and oxygen atoms in total. The van der Waals surface area contributed by atoms with Crippen LogP contribution in [-0.4, -0.2) is 5.97 Å². The molecule has 2 aliphatic heterocycles. The van der Waals surface area contributed by atoms with E-state index in [4.69, 9.17) is 0 Å². The van der Waals surface area contributed by atoms with Gasteiger partial charge in [-0.2, -0.15) is 4.39 Å². The summed E-state index contributed by atoms with van der Waals surface area (Å²) in [6.45, 7) is 2.04. The first-order chi connectivity index (χ1) is 9.74. The molecule has 0 bridgehead atoms. The van der Waals surface area contributed by atoms with Crippen molar-refractivity contribution in [3.8, 4) is 0 Å². The van der Waals surface area contributed by atoms with Crippen molar-refractivity contribution in [3.63, 3.8) is 0 Å². The molecule has 0 N–H and O–H groups in total. The molecular weight excluding hydrogens is 253 g/mol. The fraction of sp³-hybridized carbons (Fsp3) is 0.0625. The van der Waals surface area contributed by atoms with Crippen molar-refractivity contribution < 1.29 is 4.39 Å². The van der Waals surface area contributed by atoms with Crippen molar-refractivity contribution in [1.29, 1.82) is 0 Å². The second kappa shape index (κ2) is 3.93. The van der Waals surface area contributed by atoms with Gasteiger partial charge in [-0.25, -0.2) is 4.99 Å². The lowest BCUT2D eigenvalue weighted by atomic mass is 10.0. The first kappa shape index (κ1) is 11.2. The van der Waals surface area contributed by atoms with E-state index in [0.29, 0.717) is 10.9 Å². The van der Waals surface area contributed by atoms with E-state index in [2.05, 4.69) is 15.2 Å². The molecule has 2 aliphatic rings. The van der Waals surface area contributed by atoms with E-state index < -0.39 is 5.97 Å². The van der Waals surface area contributed by atoms with E-state index in [1.165, 1.54) is 0 Å². The normalized spacial score (nSPS) is 14.9. The van der Waals surface area contributed by atoms with Gasteiger partial charge in [-0.05, 0) is 30.7 Å². The third-order valence-electron chi connectivity index (χ3n) is 3.60. The number of halogens is 1. The van der Waals surface area contributed by atoms with Gasteiger partial charge in [0.15, 0.2) is 0 Å². The number of hydrogen-bond acceptors (Lipinski definition) is 3. The molecular formula is C16H10FN3. The van der Waals surface area contributed by atoms with E-state index in [1.807, 2.05) is 43.3 Å². The topological polar surface area (TPSA) is 37.1 Å². The monoisotopic (exact) mass is 263 g/mol. The zero-order valence-electron chi connectivity index (χ0n) is 10.8. The Morgan fingerprint density at radius 3 is 2.60 bits per heavy atom. The van der Waals surface area contributed by atoms with Gasteiger partial charge >= 0.3 is 0 Å². The van der Waals surface area contributed by atoms with Crippen LogP contribution in [-0.2, 0) is 0 Å².